The first-order valence-corrected chi connectivity index (χ1v) is 12.6. The van der Waals surface area contributed by atoms with Crippen molar-refractivity contribution in [2.24, 2.45) is 0 Å². The van der Waals surface area contributed by atoms with Crippen molar-refractivity contribution in [3.05, 3.63) is 90.0 Å². The Kier molecular flexibility index (Phi) is 6.98. The number of hydrogen-bond acceptors (Lipinski definition) is 4. The molecule has 1 aliphatic rings. The van der Waals surface area contributed by atoms with Crippen molar-refractivity contribution < 1.29 is 18.0 Å². The Morgan fingerprint density at radius 1 is 0.971 bits per heavy atom. The number of nitrogens with zero attached hydrogens (tertiary/aromatic N) is 2. The molecule has 0 spiro atoms. The number of carbonyl (C=O) groups excluding carboxylic acids is 2. The van der Waals surface area contributed by atoms with E-state index in [1.807, 2.05) is 30.3 Å². The van der Waals surface area contributed by atoms with Gasteiger partial charge in [0.2, 0.25) is 5.91 Å². The van der Waals surface area contributed by atoms with E-state index in [1.165, 1.54) is 35.6 Å². The zero-order valence-corrected chi connectivity index (χ0v) is 19.8. The van der Waals surface area contributed by atoms with Crippen LogP contribution >= 0.6 is 0 Å². The lowest BCUT2D eigenvalue weighted by atomic mass is 10.1. The molecule has 0 bridgehead atoms. The Morgan fingerprint density at radius 3 is 2.41 bits per heavy atom. The van der Waals surface area contributed by atoms with Gasteiger partial charge >= 0.3 is 0 Å². The van der Waals surface area contributed by atoms with Crippen molar-refractivity contribution in [2.75, 3.05) is 22.8 Å². The zero-order chi connectivity index (χ0) is 24.1. The van der Waals surface area contributed by atoms with Gasteiger partial charge in [0.05, 0.1) is 10.6 Å². The number of hydrogen-bond donors (Lipinski definition) is 1. The Morgan fingerprint density at radius 2 is 1.71 bits per heavy atom. The van der Waals surface area contributed by atoms with E-state index in [1.54, 1.807) is 29.2 Å². The molecule has 7 nitrogen and oxygen atoms in total. The van der Waals surface area contributed by atoms with Gasteiger partial charge in [0.15, 0.2) is 0 Å². The molecule has 0 atom stereocenters. The molecule has 3 aromatic carbocycles. The molecule has 1 N–H and O–H groups in total. The minimum Gasteiger partial charge on any atom is -0.348 e. The normalized spacial score (nSPS) is 14.0. The van der Waals surface area contributed by atoms with E-state index in [2.05, 4.69) is 5.32 Å². The third kappa shape index (κ3) is 5.12. The van der Waals surface area contributed by atoms with Crippen molar-refractivity contribution in [1.29, 1.82) is 0 Å². The van der Waals surface area contributed by atoms with Crippen LogP contribution in [0.2, 0.25) is 0 Å². The van der Waals surface area contributed by atoms with E-state index in [0.29, 0.717) is 30.8 Å². The van der Waals surface area contributed by atoms with Gasteiger partial charge in [-0.3, -0.25) is 13.9 Å². The number of rotatable bonds is 7. The first-order valence-electron chi connectivity index (χ1n) is 11.2. The lowest BCUT2D eigenvalue weighted by Crippen LogP contribution is -2.35. The third-order valence-electron chi connectivity index (χ3n) is 5.89. The number of para-hydroxylation sites is 1. The lowest BCUT2D eigenvalue weighted by molar-refractivity contribution is -0.119. The molecule has 1 saturated heterocycles. The van der Waals surface area contributed by atoms with Crippen LogP contribution in [0.15, 0.2) is 83.8 Å². The number of benzene rings is 3. The van der Waals surface area contributed by atoms with E-state index in [9.17, 15) is 18.0 Å². The van der Waals surface area contributed by atoms with Crippen molar-refractivity contribution in [3.63, 3.8) is 0 Å². The van der Waals surface area contributed by atoms with Crippen molar-refractivity contribution >= 4 is 33.2 Å². The minimum atomic E-state index is -3.74. The van der Waals surface area contributed by atoms with Crippen LogP contribution in [0.1, 0.15) is 35.2 Å². The van der Waals surface area contributed by atoms with Gasteiger partial charge < -0.3 is 10.2 Å². The second kappa shape index (κ2) is 10.1. The zero-order valence-electron chi connectivity index (χ0n) is 19.0. The Labute approximate surface area is 200 Å². The van der Waals surface area contributed by atoms with Crippen LogP contribution in [-0.4, -0.2) is 33.8 Å². The standard InChI is InChI=1S/C26H27N3O4S/c1-28(22-9-3-2-4-10-22)34(32,33)24-15-13-21(14-16-24)26(31)27-19-20-8-7-11-23(18-20)29-17-6-5-12-25(29)30/h2-4,7-11,13-16,18H,5-6,12,17,19H2,1H3,(H,27,31). The highest BCUT2D eigenvalue weighted by Crippen LogP contribution is 2.23. The van der Waals surface area contributed by atoms with Gasteiger partial charge in [-0.15, -0.1) is 0 Å². The summed E-state index contributed by atoms with van der Waals surface area (Å²) in [6.07, 6.45) is 2.47. The molecule has 1 fully saturated rings. The van der Waals surface area contributed by atoms with E-state index in [0.717, 1.165) is 24.1 Å². The summed E-state index contributed by atoms with van der Waals surface area (Å²) in [5.74, 6) is -0.180. The van der Waals surface area contributed by atoms with Crippen molar-refractivity contribution in [1.82, 2.24) is 5.32 Å². The topological polar surface area (TPSA) is 86.8 Å². The van der Waals surface area contributed by atoms with Crippen LogP contribution in [0.3, 0.4) is 0 Å². The fourth-order valence-corrected chi connectivity index (χ4v) is 5.11. The highest BCUT2D eigenvalue weighted by Gasteiger charge is 2.22. The second-order valence-corrected chi connectivity index (χ2v) is 10.2. The van der Waals surface area contributed by atoms with E-state index < -0.39 is 10.0 Å². The molecule has 34 heavy (non-hydrogen) atoms. The summed E-state index contributed by atoms with van der Waals surface area (Å²) < 4.78 is 27.0. The van der Waals surface area contributed by atoms with Gasteiger partial charge in [-0.05, 0) is 66.9 Å². The van der Waals surface area contributed by atoms with Crippen LogP contribution in [0, 0.1) is 0 Å². The second-order valence-electron chi connectivity index (χ2n) is 8.19. The molecule has 4 rings (SSSR count). The fourth-order valence-electron chi connectivity index (χ4n) is 3.91. The summed E-state index contributed by atoms with van der Waals surface area (Å²) >= 11 is 0. The van der Waals surface area contributed by atoms with Crippen LogP contribution in [0.25, 0.3) is 0 Å². The monoisotopic (exact) mass is 477 g/mol. The first-order chi connectivity index (χ1) is 16.4. The molecule has 2 amide bonds. The average molecular weight is 478 g/mol. The number of piperidine rings is 1. The molecule has 0 saturated carbocycles. The largest absolute Gasteiger partial charge is 0.348 e. The number of anilines is 2. The smallest absolute Gasteiger partial charge is 0.264 e. The molecule has 0 radical (unpaired) electrons. The van der Waals surface area contributed by atoms with Crippen LogP contribution in [0.5, 0.6) is 0 Å². The summed E-state index contributed by atoms with van der Waals surface area (Å²) in [4.78, 5) is 26.7. The predicted molar refractivity (Wildman–Crippen MR) is 132 cm³/mol. The van der Waals surface area contributed by atoms with Gasteiger partial charge in [-0.1, -0.05) is 30.3 Å². The summed E-state index contributed by atoms with van der Waals surface area (Å²) in [6, 6.07) is 22.3. The molecular weight excluding hydrogens is 450 g/mol. The molecule has 0 unspecified atom stereocenters. The highest BCUT2D eigenvalue weighted by molar-refractivity contribution is 7.92. The molecule has 8 heteroatoms. The number of sulfonamides is 1. The summed E-state index contributed by atoms with van der Waals surface area (Å²) in [6.45, 7) is 1.01. The molecule has 3 aromatic rings. The predicted octanol–water partition coefficient (Wildman–Crippen LogP) is 3.96. The molecule has 176 valence electrons. The first kappa shape index (κ1) is 23.5. The van der Waals surface area contributed by atoms with E-state index >= 15 is 0 Å². The van der Waals surface area contributed by atoms with Crippen LogP contribution in [-0.2, 0) is 21.4 Å². The number of nitrogens with one attached hydrogen (secondary N) is 1. The van der Waals surface area contributed by atoms with Crippen molar-refractivity contribution in [2.45, 2.75) is 30.7 Å². The Bertz CT molecular complexity index is 1270. The fraction of sp³-hybridized carbons (Fsp3) is 0.231. The lowest BCUT2D eigenvalue weighted by Gasteiger charge is -2.27. The van der Waals surface area contributed by atoms with E-state index in [-0.39, 0.29) is 16.7 Å². The summed E-state index contributed by atoms with van der Waals surface area (Å²) in [5, 5.41) is 2.86. The molecule has 1 heterocycles. The quantitative estimate of drug-likeness (QED) is 0.558. The molecular formula is C26H27N3O4S. The number of carbonyl (C=O) groups is 2. The Balaban J connectivity index is 1.41. The number of amides is 2. The molecule has 0 aromatic heterocycles. The SMILES string of the molecule is CN(c1ccccc1)S(=O)(=O)c1ccc(C(=O)NCc2cccc(N3CCCCC3=O)c2)cc1. The van der Waals surface area contributed by atoms with Gasteiger partial charge in [0, 0.05) is 37.8 Å². The highest BCUT2D eigenvalue weighted by atomic mass is 32.2. The van der Waals surface area contributed by atoms with Gasteiger partial charge in [0.1, 0.15) is 0 Å². The van der Waals surface area contributed by atoms with Crippen molar-refractivity contribution in [3.8, 4) is 0 Å². The van der Waals surface area contributed by atoms with Gasteiger partial charge in [0.25, 0.3) is 15.9 Å². The van der Waals surface area contributed by atoms with Crippen LogP contribution < -0.4 is 14.5 Å². The summed E-state index contributed by atoms with van der Waals surface area (Å²) in [5.41, 5.74) is 2.64. The molecule has 0 aliphatic carbocycles. The molecule has 1 aliphatic heterocycles. The summed E-state index contributed by atoms with van der Waals surface area (Å²) in [7, 11) is -2.24. The average Bonchev–Trinajstić information content (AvgIpc) is 2.88. The maximum absolute atomic E-state index is 12.9. The maximum atomic E-state index is 12.9. The minimum absolute atomic E-state index is 0.106. The van der Waals surface area contributed by atoms with Crippen LogP contribution in [0.4, 0.5) is 11.4 Å². The van der Waals surface area contributed by atoms with Gasteiger partial charge in [-0.25, -0.2) is 8.42 Å². The Hall–Kier alpha value is -3.65. The van der Waals surface area contributed by atoms with E-state index in [4.69, 9.17) is 0 Å². The maximum Gasteiger partial charge on any atom is 0.264 e. The van der Waals surface area contributed by atoms with Gasteiger partial charge in [-0.2, -0.15) is 0 Å². The third-order valence-corrected chi connectivity index (χ3v) is 7.69.